The van der Waals surface area contributed by atoms with Crippen LogP contribution in [0.25, 0.3) is 5.65 Å². The molecule has 250 valence electrons. The zero-order valence-electron chi connectivity index (χ0n) is 25.2. The number of amides is 2. The fraction of sp³-hybridized carbons (Fsp3) is 0.667. The molecule has 16 heteroatoms. The lowest BCUT2D eigenvalue weighted by Crippen LogP contribution is -2.60. The number of hydrogen-bond donors (Lipinski definition) is 2. The van der Waals surface area contributed by atoms with Gasteiger partial charge in [0.2, 0.25) is 11.8 Å². The number of aromatic nitrogens is 6. The molecule has 2 amide bonds. The number of carbonyl (C=O) groups is 2. The first-order valence-corrected chi connectivity index (χ1v) is 15.8. The second-order valence-corrected chi connectivity index (χ2v) is 12.9. The van der Waals surface area contributed by atoms with Gasteiger partial charge in [-0.1, -0.05) is 18.6 Å². The zero-order chi connectivity index (χ0) is 32.9. The van der Waals surface area contributed by atoms with Crippen LogP contribution in [0.15, 0.2) is 24.7 Å². The van der Waals surface area contributed by atoms with Gasteiger partial charge in [-0.3, -0.25) is 9.59 Å². The van der Waals surface area contributed by atoms with E-state index in [-0.39, 0.29) is 49.2 Å². The van der Waals surface area contributed by atoms with E-state index < -0.39 is 54.5 Å². The molecule has 3 aromatic rings. The van der Waals surface area contributed by atoms with Crippen molar-refractivity contribution in [3.63, 3.8) is 0 Å². The minimum atomic E-state index is -4.25. The number of hydrogen-bond acceptors (Lipinski definition) is 6. The smallest absolute Gasteiger partial charge is 0.314 e. The second kappa shape index (κ2) is 12.1. The molecular formula is C30H36F6N8O2. The highest BCUT2D eigenvalue weighted by Gasteiger charge is 2.71. The molecule has 3 aromatic heterocycles. The maximum absolute atomic E-state index is 14.1. The third-order valence-electron chi connectivity index (χ3n) is 9.72. The van der Waals surface area contributed by atoms with Gasteiger partial charge in [0.25, 0.3) is 5.91 Å². The molecule has 3 heterocycles. The third-order valence-corrected chi connectivity index (χ3v) is 9.72. The van der Waals surface area contributed by atoms with Crippen LogP contribution in [0.5, 0.6) is 0 Å². The van der Waals surface area contributed by atoms with E-state index in [0.717, 1.165) is 35.7 Å². The number of nitrogens with one attached hydrogen (secondary N) is 2. The monoisotopic (exact) mass is 654 g/mol. The molecule has 1 unspecified atom stereocenters. The molecular weight excluding hydrogens is 618 g/mol. The van der Waals surface area contributed by atoms with Crippen LogP contribution in [0.1, 0.15) is 105 Å². The van der Waals surface area contributed by atoms with Gasteiger partial charge >= 0.3 is 11.8 Å². The summed E-state index contributed by atoms with van der Waals surface area (Å²) in [5.41, 5.74) is 1.34. The molecule has 3 fully saturated rings. The average molecular weight is 655 g/mol. The van der Waals surface area contributed by atoms with Crippen molar-refractivity contribution in [1.29, 1.82) is 0 Å². The van der Waals surface area contributed by atoms with Crippen LogP contribution in [0, 0.1) is 17.8 Å². The summed E-state index contributed by atoms with van der Waals surface area (Å²) in [6, 6.07) is 0.711. The Morgan fingerprint density at radius 3 is 2.35 bits per heavy atom. The minimum Gasteiger partial charge on any atom is -0.349 e. The molecule has 0 saturated heterocycles. The van der Waals surface area contributed by atoms with Gasteiger partial charge in [0.05, 0.1) is 48.8 Å². The van der Waals surface area contributed by atoms with Crippen molar-refractivity contribution in [2.24, 2.45) is 17.8 Å². The average Bonchev–Trinajstić information content (AvgIpc) is 3.61. The zero-order valence-corrected chi connectivity index (χ0v) is 25.2. The van der Waals surface area contributed by atoms with Crippen LogP contribution in [-0.2, 0) is 11.3 Å². The van der Waals surface area contributed by atoms with Gasteiger partial charge in [-0.05, 0) is 55.6 Å². The van der Waals surface area contributed by atoms with Gasteiger partial charge < -0.3 is 10.6 Å². The largest absolute Gasteiger partial charge is 0.349 e. The van der Waals surface area contributed by atoms with E-state index in [0.29, 0.717) is 24.2 Å². The number of nitrogens with zero attached hydrogens (tertiary/aromatic N) is 6. The maximum Gasteiger partial charge on any atom is 0.314 e. The third kappa shape index (κ3) is 6.18. The molecule has 3 atom stereocenters. The topological polar surface area (TPSA) is 119 Å². The molecule has 0 aromatic carbocycles. The Labute approximate surface area is 260 Å². The van der Waals surface area contributed by atoms with Crippen molar-refractivity contribution >= 4 is 17.5 Å². The molecule has 0 bridgehead atoms. The molecule has 0 radical (unpaired) electrons. The summed E-state index contributed by atoms with van der Waals surface area (Å²) in [6.07, 6.45) is 6.75. The Bertz CT molecular complexity index is 1580. The molecule has 0 aliphatic heterocycles. The van der Waals surface area contributed by atoms with Gasteiger partial charge in [-0.15, -0.1) is 5.10 Å². The highest BCUT2D eigenvalue weighted by Crippen LogP contribution is 2.55. The van der Waals surface area contributed by atoms with Gasteiger partial charge in [0, 0.05) is 25.7 Å². The normalized spacial score (nSPS) is 23.7. The van der Waals surface area contributed by atoms with Crippen molar-refractivity contribution in [1.82, 2.24) is 40.2 Å². The number of imidazole rings is 1. The Kier molecular flexibility index (Phi) is 8.51. The number of alkyl halides is 6. The standard InChI is InChI=1S/C30H36F6N8O2/c1-2-4-24(45)40-25(17-5-3-6-17)19-11-23-39-21(16-44(23)38-13-19)26(18-7-9-28(31,32)10-8-18)41-27(46)22-14-37-42-43(22)15-20-12-29(33,34)30(20,35)36/h11,13-14,16-18,20,25-26H,2-10,12,15H2,1H3,(H,40,45)(H,41,46)/t20?,25-,26+/m1/s1. The first-order chi connectivity index (χ1) is 21.8. The van der Waals surface area contributed by atoms with E-state index in [9.17, 15) is 35.9 Å². The maximum atomic E-state index is 14.1. The van der Waals surface area contributed by atoms with Crippen molar-refractivity contribution in [3.05, 3.63) is 41.6 Å². The molecule has 10 nitrogen and oxygen atoms in total. The summed E-state index contributed by atoms with van der Waals surface area (Å²) >= 11 is 0. The summed E-state index contributed by atoms with van der Waals surface area (Å²) < 4.78 is 85.4. The van der Waals surface area contributed by atoms with Crippen LogP contribution < -0.4 is 10.6 Å². The minimum absolute atomic E-state index is 0.0522. The predicted octanol–water partition coefficient (Wildman–Crippen LogP) is 5.67. The van der Waals surface area contributed by atoms with Gasteiger partial charge in [0.15, 0.2) is 5.65 Å². The Balaban J connectivity index is 1.26. The van der Waals surface area contributed by atoms with Crippen molar-refractivity contribution in [3.8, 4) is 0 Å². The summed E-state index contributed by atoms with van der Waals surface area (Å²) in [7, 11) is 0. The molecule has 3 aliphatic carbocycles. The summed E-state index contributed by atoms with van der Waals surface area (Å²) in [5, 5.41) is 17.7. The second-order valence-electron chi connectivity index (χ2n) is 12.9. The molecule has 0 spiro atoms. The van der Waals surface area contributed by atoms with Crippen LogP contribution >= 0.6 is 0 Å². The van der Waals surface area contributed by atoms with Crippen LogP contribution in [-0.4, -0.2) is 59.2 Å². The van der Waals surface area contributed by atoms with Crippen LogP contribution in [0.4, 0.5) is 26.3 Å². The SMILES string of the molecule is CCCC(=O)N[C@@H](c1cnn2cc([C@@H](NC(=O)c3cnnn3CC3CC(F)(F)C3(F)F)C3CCC(F)(F)CC3)nc2c1)C1CCC1. The summed E-state index contributed by atoms with van der Waals surface area (Å²) in [4.78, 5) is 30.7. The highest BCUT2D eigenvalue weighted by atomic mass is 19.3. The lowest BCUT2D eigenvalue weighted by Gasteiger charge is -2.43. The van der Waals surface area contributed by atoms with Crippen molar-refractivity contribution in [2.75, 3.05) is 0 Å². The Morgan fingerprint density at radius 1 is 1.00 bits per heavy atom. The number of rotatable bonds is 11. The van der Waals surface area contributed by atoms with E-state index in [1.165, 1.54) is 4.52 Å². The molecule has 2 N–H and O–H groups in total. The molecule has 3 aliphatic rings. The van der Waals surface area contributed by atoms with Crippen LogP contribution in [0.2, 0.25) is 0 Å². The van der Waals surface area contributed by atoms with Gasteiger partial charge in [-0.25, -0.2) is 23.0 Å². The predicted molar refractivity (Wildman–Crippen MR) is 151 cm³/mol. The lowest BCUT2D eigenvalue weighted by atomic mass is 9.76. The van der Waals surface area contributed by atoms with E-state index >= 15 is 0 Å². The number of fused-ring (bicyclic) bond motifs is 1. The fourth-order valence-electron chi connectivity index (χ4n) is 6.69. The van der Waals surface area contributed by atoms with Crippen molar-refractivity contribution in [2.45, 2.75) is 108 Å². The fourth-order valence-corrected chi connectivity index (χ4v) is 6.69. The van der Waals surface area contributed by atoms with E-state index in [1.807, 2.05) is 13.0 Å². The van der Waals surface area contributed by atoms with E-state index in [1.54, 1.807) is 12.4 Å². The summed E-state index contributed by atoms with van der Waals surface area (Å²) in [6.45, 7) is 1.28. The van der Waals surface area contributed by atoms with Gasteiger partial charge in [0.1, 0.15) is 5.69 Å². The van der Waals surface area contributed by atoms with E-state index in [2.05, 4.69) is 26.0 Å². The Hall–Kier alpha value is -3.72. The summed E-state index contributed by atoms with van der Waals surface area (Å²) in [5.74, 6) is -14.0. The Morgan fingerprint density at radius 2 is 1.72 bits per heavy atom. The first-order valence-electron chi connectivity index (χ1n) is 15.8. The van der Waals surface area contributed by atoms with Crippen molar-refractivity contribution < 1.29 is 35.9 Å². The number of carbonyl (C=O) groups excluding carboxylic acids is 2. The van der Waals surface area contributed by atoms with Crippen LogP contribution in [0.3, 0.4) is 0 Å². The van der Waals surface area contributed by atoms with Gasteiger partial charge in [-0.2, -0.15) is 22.7 Å². The highest BCUT2D eigenvalue weighted by molar-refractivity contribution is 5.92. The first kappa shape index (κ1) is 32.2. The van der Waals surface area contributed by atoms with E-state index in [4.69, 9.17) is 4.98 Å². The quantitative estimate of drug-likeness (QED) is 0.258. The molecule has 6 rings (SSSR count). The number of halogens is 6. The lowest BCUT2D eigenvalue weighted by molar-refractivity contribution is -0.316. The molecule has 3 saturated carbocycles. The molecule has 46 heavy (non-hydrogen) atoms.